The highest BCUT2D eigenvalue weighted by Crippen LogP contribution is 2.33. The first-order chi connectivity index (χ1) is 16.2. The van der Waals surface area contributed by atoms with E-state index in [0.29, 0.717) is 25.7 Å². The van der Waals surface area contributed by atoms with Crippen LogP contribution >= 0.6 is 0 Å². The Bertz CT molecular complexity index is 1090. The summed E-state index contributed by atoms with van der Waals surface area (Å²) in [5, 5.41) is 2.84. The number of hydrogen-bond acceptors (Lipinski definition) is 7. The Morgan fingerprint density at radius 2 is 1.97 bits per heavy atom. The van der Waals surface area contributed by atoms with Crippen molar-refractivity contribution in [1.82, 2.24) is 15.3 Å². The van der Waals surface area contributed by atoms with E-state index in [1.54, 1.807) is 7.11 Å². The Balaban J connectivity index is 1.57. The summed E-state index contributed by atoms with van der Waals surface area (Å²) in [4.78, 5) is 24.0. The summed E-state index contributed by atoms with van der Waals surface area (Å²) >= 11 is 0. The molecule has 1 N–H and O–H groups in total. The lowest BCUT2D eigenvalue weighted by molar-refractivity contribution is 0.0917. The lowest BCUT2D eigenvalue weighted by atomic mass is 10.2. The number of para-hydroxylation sites is 1. The molecule has 0 atom stereocenters. The van der Waals surface area contributed by atoms with E-state index in [1.165, 1.54) is 11.8 Å². The van der Waals surface area contributed by atoms with Crippen LogP contribution in [0.5, 0.6) is 11.6 Å². The molecular weight excluding hydrogens is 420 g/mol. The predicted molar refractivity (Wildman–Crippen MR) is 125 cm³/mol. The summed E-state index contributed by atoms with van der Waals surface area (Å²) in [6.07, 6.45) is 2.45. The maximum absolute atomic E-state index is 12.8. The highest BCUT2D eigenvalue weighted by atomic mass is 16.5. The van der Waals surface area contributed by atoms with E-state index in [2.05, 4.69) is 27.4 Å². The van der Waals surface area contributed by atoms with Gasteiger partial charge < -0.3 is 24.4 Å². The Labute approximate surface area is 193 Å². The van der Waals surface area contributed by atoms with Gasteiger partial charge in [0.25, 0.3) is 5.91 Å². The van der Waals surface area contributed by atoms with Crippen LogP contribution in [0.15, 0.2) is 54.7 Å². The predicted octanol–water partition coefficient (Wildman–Crippen LogP) is 3.52. The molecule has 2 heterocycles. The van der Waals surface area contributed by atoms with Crippen LogP contribution in [-0.2, 0) is 17.8 Å². The van der Waals surface area contributed by atoms with Crippen molar-refractivity contribution in [3.05, 3.63) is 71.4 Å². The zero-order valence-corrected chi connectivity index (χ0v) is 18.9. The Kier molecular flexibility index (Phi) is 7.36. The van der Waals surface area contributed by atoms with E-state index in [4.69, 9.17) is 14.2 Å². The number of carbonyl (C=O) groups excluding carboxylic acids is 1. The molecule has 0 saturated heterocycles. The first-order valence-electron chi connectivity index (χ1n) is 11.0. The third-order valence-electron chi connectivity index (χ3n) is 5.38. The molecule has 0 spiro atoms. The fraction of sp³-hybridized carbons (Fsp3) is 0.320. The molecule has 8 nitrogen and oxygen atoms in total. The zero-order chi connectivity index (χ0) is 23.0. The van der Waals surface area contributed by atoms with Crippen LogP contribution in [0.2, 0.25) is 0 Å². The minimum Gasteiger partial charge on any atom is -0.497 e. The molecule has 0 aliphatic carbocycles. The molecule has 1 aliphatic rings. The van der Waals surface area contributed by atoms with Crippen LogP contribution in [0.4, 0.5) is 11.6 Å². The standard InChI is InChI=1S/C25H28N4O4/c1-3-32-15-13-26-23(30)21-16-27-25(29-14-12-19-6-4-5-7-22(19)29)28-24(21)33-17-18-8-10-20(31-2)11-9-18/h4-11,16H,3,12-15,17H2,1-2H3,(H,26,30). The van der Waals surface area contributed by atoms with Crippen LogP contribution < -0.4 is 19.7 Å². The monoisotopic (exact) mass is 448 g/mol. The molecular formula is C25H28N4O4. The van der Waals surface area contributed by atoms with Crippen molar-refractivity contribution in [3.8, 4) is 11.6 Å². The number of hydrogen-bond donors (Lipinski definition) is 1. The largest absolute Gasteiger partial charge is 0.497 e. The van der Waals surface area contributed by atoms with E-state index in [9.17, 15) is 4.79 Å². The maximum atomic E-state index is 12.8. The van der Waals surface area contributed by atoms with Gasteiger partial charge in [-0.3, -0.25) is 4.79 Å². The molecule has 172 valence electrons. The highest BCUT2D eigenvalue weighted by molar-refractivity contribution is 5.96. The summed E-state index contributed by atoms with van der Waals surface area (Å²) < 4.78 is 16.5. The van der Waals surface area contributed by atoms with E-state index < -0.39 is 0 Å². The molecule has 1 amide bonds. The first kappa shape index (κ1) is 22.5. The molecule has 1 aromatic heterocycles. The fourth-order valence-corrected chi connectivity index (χ4v) is 3.65. The zero-order valence-electron chi connectivity index (χ0n) is 18.9. The van der Waals surface area contributed by atoms with E-state index in [-0.39, 0.29) is 24.0 Å². The van der Waals surface area contributed by atoms with Crippen LogP contribution in [0.3, 0.4) is 0 Å². The molecule has 2 aromatic carbocycles. The normalized spacial score (nSPS) is 12.4. The highest BCUT2D eigenvalue weighted by Gasteiger charge is 2.24. The van der Waals surface area contributed by atoms with Crippen LogP contribution in [0, 0.1) is 0 Å². The summed E-state index contributed by atoms with van der Waals surface area (Å²) in [6.45, 7) is 4.38. The minimum absolute atomic E-state index is 0.245. The van der Waals surface area contributed by atoms with Crippen LogP contribution in [0.25, 0.3) is 0 Å². The molecule has 8 heteroatoms. The molecule has 4 rings (SSSR count). The molecule has 0 radical (unpaired) electrons. The van der Waals surface area contributed by atoms with Gasteiger partial charge in [0.1, 0.15) is 17.9 Å². The number of nitrogens with one attached hydrogen (secondary N) is 1. The van der Waals surface area contributed by atoms with Gasteiger partial charge in [-0.1, -0.05) is 30.3 Å². The molecule has 0 fully saturated rings. The Morgan fingerprint density at radius 3 is 2.76 bits per heavy atom. The summed E-state index contributed by atoms with van der Waals surface area (Å²) in [7, 11) is 1.63. The third kappa shape index (κ3) is 5.40. The summed E-state index contributed by atoms with van der Waals surface area (Å²) in [6, 6.07) is 15.8. The van der Waals surface area contributed by atoms with Gasteiger partial charge in [-0.25, -0.2) is 4.98 Å². The SMILES string of the molecule is CCOCCNC(=O)c1cnc(N2CCc3ccccc32)nc1OCc1ccc(OC)cc1. The van der Waals surface area contributed by atoms with Crippen molar-refractivity contribution in [3.63, 3.8) is 0 Å². The van der Waals surface area contributed by atoms with Crippen molar-refractivity contribution >= 4 is 17.5 Å². The number of benzene rings is 2. The van der Waals surface area contributed by atoms with E-state index in [0.717, 1.165) is 30.0 Å². The number of methoxy groups -OCH3 is 1. The lowest BCUT2D eigenvalue weighted by Gasteiger charge is -2.19. The second-order valence-electron chi connectivity index (χ2n) is 7.51. The van der Waals surface area contributed by atoms with Gasteiger partial charge in [-0.05, 0) is 42.7 Å². The van der Waals surface area contributed by atoms with E-state index >= 15 is 0 Å². The minimum atomic E-state index is -0.298. The fourth-order valence-electron chi connectivity index (χ4n) is 3.65. The number of carbonyl (C=O) groups is 1. The lowest BCUT2D eigenvalue weighted by Crippen LogP contribution is -2.28. The van der Waals surface area contributed by atoms with Crippen LogP contribution in [0.1, 0.15) is 28.4 Å². The van der Waals surface area contributed by atoms with Gasteiger partial charge >= 0.3 is 0 Å². The van der Waals surface area contributed by atoms with Crippen molar-refractivity contribution in [2.24, 2.45) is 0 Å². The number of anilines is 2. The average molecular weight is 449 g/mol. The van der Waals surface area contributed by atoms with Crippen molar-refractivity contribution < 1.29 is 19.0 Å². The summed E-state index contributed by atoms with van der Waals surface area (Å²) in [5.74, 6) is 1.22. The van der Waals surface area contributed by atoms with Gasteiger partial charge in [-0.2, -0.15) is 4.98 Å². The average Bonchev–Trinajstić information content (AvgIpc) is 3.29. The van der Waals surface area contributed by atoms with Gasteiger partial charge in [0.15, 0.2) is 0 Å². The number of nitrogens with zero attached hydrogens (tertiary/aromatic N) is 3. The number of fused-ring (bicyclic) bond motifs is 1. The molecule has 33 heavy (non-hydrogen) atoms. The van der Waals surface area contributed by atoms with Crippen molar-refractivity contribution in [2.75, 3.05) is 38.3 Å². The number of rotatable bonds is 10. The topological polar surface area (TPSA) is 85.8 Å². The Morgan fingerprint density at radius 1 is 1.15 bits per heavy atom. The van der Waals surface area contributed by atoms with Gasteiger partial charge in [0, 0.05) is 31.6 Å². The number of aromatic nitrogens is 2. The summed E-state index contributed by atoms with van der Waals surface area (Å²) in [5.41, 5.74) is 3.55. The van der Waals surface area contributed by atoms with Crippen molar-refractivity contribution in [2.45, 2.75) is 20.0 Å². The van der Waals surface area contributed by atoms with E-state index in [1.807, 2.05) is 48.2 Å². The quantitative estimate of drug-likeness (QED) is 0.475. The molecule has 0 unspecified atom stereocenters. The molecule has 1 aliphatic heterocycles. The molecule has 0 bridgehead atoms. The first-order valence-corrected chi connectivity index (χ1v) is 11.0. The second kappa shape index (κ2) is 10.8. The number of ether oxygens (including phenoxy) is 3. The maximum Gasteiger partial charge on any atom is 0.258 e. The molecule has 0 saturated carbocycles. The van der Waals surface area contributed by atoms with Gasteiger partial charge in [0.2, 0.25) is 11.8 Å². The Hall–Kier alpha value is -3.65. The van der Waals surface area contributed by atoms with Gasteiger partial charge in [-0.15, -0.1) is 0 Å². The third-order valence-corrected chi connectivity index (χ3v) is 5.38. The van der Waals surface area contributed by atoms with Gasteiger partial charge in [0.05, 0.1) is 13.7 Å². The smallest absolute Gasteiger partial charge is 0.258 e. The molecule has 3 aromatic rings. The second-order valence-corrected chi connectivity index (χ2v) is 7.51. The van der Waals surface area contributed by atoms with Crippen LogP contribution in [-0.4, -0.2) is 49.3 Å². The van der Waals surface area contributed by atoms with Crippen molar-refractivity contribution in [1.29, 1.82) is 0 Å². The number of amides is 1.